The van der Waals surface area contributed by atoms with Crippen LogP contribution in [0.4, 0.5) is 0 Å². The van der Waals surface area contributed by atoms with Gasteiger partial charge in [0.25, 0.3) is 0 Å². The molecule has 0 fully saturated rings. The number of hydrogen-bond acceptors (Lipinski definition) is 5. The van der Waals surface area contributed by atoms with Crippen LogP contribution in [0.1, 0.15) is 26.5 Å². The van der Waals surface area contributed by atoms with Crippen LogP contribution < -0.4 is 5.48 Å². The van der Waals surface area contributed by atoms with Crippen LogP contribution in [0, 0.1) is 0 Å². The number of nitrogens with one attached hydrogen (secondary N) is 1. The average molecular weight is 305 g/mol. The fraction of sp³-hybridized carbons (Fsp3) is 0.471. The molecule has 0 unspecified atom stereocenters. The van der Waals surface area contributed by atoms with E-state index in [2.05, 4.69) is 29.2 Å². The monoisotopic (exact) mass is 305 g/mol. The van der Waals surface area contributed by atoms with E-state index in [4.69, 9.17) is 9.57 Å². The summed E-state index contributed by atoms with van der Waals surface area (Å²) in [5, 5.41) is 0. The van der Waals surface area contributed by atoms with Crippen molar-refractivity contribution >= 4 is 5.70 Å². The maximum Gasteiger partial charge on any atom is 0.117 e. The largest absolute Gasteiger partial charge is 0.493 e. The summed E-state index contributed by atoms with van der Waals surface area (Å²) in [6.45, 7) is 9.89. The molecule has 1 N–H and O–H groups in total. The fourth-order valence-electron chi connectivity index (χ4n) is 1.97. The zero-order valence-electron chi connectivity index (χ0n) is 14.0. The molecule has 0 spiro atoms. The van der Waals surface area contributed by atoms with Crippen LogP contribution in [-0.2, 0) is 9.57 Å². The molecular formula is C17H27N3O2. The minimum Gasteiger partial charge on any atom is -0.493 e. The Balaban J connectivity index is 2.71. The number of hydroxylamine groups is 1. The van der Waals surface area contributed by atoms with Crippen LogP contribution in [0.5, 0.6) is 0 Å². The third kappa shape index (κ3) is 6.28. The number of nitrogens with zero attached hydrogens (tertiary/aromatic N) is 2. The molecule has 22 heavy (non-hydrogen) atoms. The Morgan fingerprint density at radius 3 is 2.64 bits per heavy atom. The van der Waals surface area contributed by atoms with E-state index in [0.717, 1.165) is 36.8 Å². The van der Waals surface area contributed by atoms with Crippen molar-refractivity contribution in [2.75, 3.05) is 33.4 Å². The molecule has 0 bridgehead atoms. The lowest BCUT2D eigenvalue weighted by Crippen LogP contribution is -2.26. The van der Waals surface area contributed by atoms with Crippen LogP contribution in [0.2, 0.25) is 0 Å². The Hall–Kier alpha value is -1.85. The normalized spacial score (nSPS) is 12.6. The summed E-state index contributed by atoms with van der Waals surface area (Å²) in [7, 11) is 1.58. The molecule has 0 aliphatic carbocycles. The van der Waals surface area contributed by atoms with Gasteiger partial charge in [0, 0.05) is 18.8 Å². The van der Waals surface area contributed by atoms with E-state index in [1.165, 1.54) is 0 Å². The second-order valence-electron chi connectivity index (χ2n) is 4.65. The van der Waals surface area contributed by atoms with E-state index in [1.807, 2.05) is 37.3 Å². The van der Waals surface area contributed by atoms with Crippen molar-refractivity contribution in [2.24, 2.45) is 0 Å². The van der Waals surface area contributed by atoms with Crippen molar-refractivity contribution in [2.45, 2.75) is 20.8 Å². The first-order valence-corrected chi connectivity index (χ1v) is 7.68. The van der Waals surface area contributed by atoms with Gasteiger partial charge in [0.2, 0.25) is 0 Å². The van der Waals surface area contributed by atoms with Gasteiger partial charge in [-0.25, -0.2) is 0 Å². The van der Waals surface area contributed by atoms with Crippen LogP contribution in [-0.4, -0.2) is 43.2 Å². The molecular weight excluding hydrogens is 278 g/mol. The molecule has 1 rings (SSSR count). The van der Waals surface area contributed by atoms with Crippen LogP contribution in [0.15, 0.2) is 42.3 Å². The van der Waals surface area contributed by atoms with E-state index >= 15 is 0 Å². The average Bonchev–Trinajstić information content (AvgIpc) is 2.57. The standard InChI is InChI=1S/C17H27N3O2/c1-5-15(22-13-12-20(6-2)7-3)14-17(19-21-4)16-10-8-9-11-18-16/h5,8-11,14,19H,6-7,12-13H2,1-4H3/b15-5+,17-14-. The topological polar surface area (TPSA) is 46.6 Å². The maximum atomic E-state index is 5.84. The van der Waals surface area contributed by atoms with E-state index in [-0.39, 0.29) is 0 Å². The van der Waals surface area contributed by atoms with E-state index in [9.17, 15) is 0 Å². The number of aromatic nitrogens is 1. The maximum absolute atomic E-state index is 5.84. The van der Waals surface area contributed by atoms with Crippen molar-refractivity contribution in [1.29, 1.82) is 0 Å². The van der Waals surface area contributed by atoms with Crippen molar-refractivity contribution < 1.29 is 9.57 Å². The highest BCUT2D eigenvalue weighted by Gasteiger charge is 2.05. The first kappa shape index (κ1) is 18.2. The predicted molar refractivity (Wildman–Crippen MR) is 89.9 cm³/mol. The SMILES string of the molecule is C/C=C(\C=C(/NOC)c1ccccn1)OCCN(CC)CC. The predicted octanol–water partition coefficient (Wildman–Crippen LogP) is 2.84. The Labute approximate surface area is 133 Å². The molecule has 0 saturated carbocycles. The number of rotatable bonds is 10. The lowest BCUT2D eigenvalue weighted by atomic mass is 10.2. The van der Waals surface area contributed by atoms with Crippen LogP contribution in [0.25, 0.3) is 5.70 Å². The molecule has 1 aromatic heterocycles. The quantitative estimate of drug-likeness (QED) is 0.409. The molecule has 122 valence electrons. The highest BCUT2D eigenvalue weighted by atomic mass is 16.6. The van der Waals surface area contributed by atoms with E-state index in [0.29, 0.717) is 6.61 Å². The summed E-state index contributed by atoms with van der Waals surface area (Å²) in [5.74, 6) is 0.789. The molecule has 0 aromatic carbocycles. The lowest BCUT2D eigenvalue weighted by molar-refractivity contribution is 0.135. The van der Waals surface area contributed by atoms with Crippen molar-refractivity contribution in [3.8, 4) is 0 Å². The third-order valence-corrected chi connectivity index (χ3v) is 3.29. The molecule has 0 amide bonds. The fourth-order valence-corrected chi connectivity index (χ4v) is 1.97. The Kier molecular flexibility index (Phi) is 8.95. The van der Waals surface area contributed by atoms with Crippen LogP contribution in [0.3, 0.4) is 0 Å². The molecule has 5 nitrogen and oxygen atoms in total. The van der Waals surface area contributed by atoms with E-state index in [1.54, 1.807) is 13.3 Å². The summed E-state index contributed by atoms with van der Waals surface area (Å²) >= 11 is 0. The molecule has 0 atom stereocenters. The van der Waals surface area contributed by atoms with Crippen molar-refractivity contribution in [3.05, 3.63) is 48.0 Å². The zero-order valence-corrected chi connectivity index (χ0v) is 14.0. The first-order chi connectivity index (χ1) is 10.7. The number of ether oxygens (including phenoxy) is 1. The van der Waals surface area contributed by atoms with Gasteiger partial charge in [-0.05, 0) is 38.2 Å². The second kappa shape index (κ2) is 10.8. The molecule has 0 aliphatic heterocycles. The van der Waals surface area contributed by atoms with Crippen LogP contribution >= 0.6 is 0 Å². The summed E-state index contributed by atoms with van der Waals surface area (Å²) in [4.78, 5) is 11.7. The van der Waals surface area contributed by atoms with Gasteiger partial charge in [-0.3, -0.25) is 15.3 Å². The summed E-state index contributed by atoms with van der Waals surface area (Å²) in [6.07, 6.45) is 5.58. The second-order valence-corrected chi connectivity index (χ2v) is 4.65. The molecule has 0 saturated heterocycles. The van der Waals surface area contributed by atoms with E-state index < -0.39 is 0 Å². The Morgan fingerprint density at radius 1 is 1.32 bits per heavy atom. The lowest BCUT2D eigenvalue weighted by Gasteiger charge is -2.18. The molecule has 1 heterocycles. The van der Waals surface area contributed by atoms with Gasteiger partial charge in [-0.1, -0.05) is 19.9 Å². The van der Waals surface area contributed by atoms with Crippen molar-refractivity contribution in [1.82, 2.24) is 15.4 Å². The Bertz CT molecular complexity index is 468. The van der Waals surface area contributed by atoms with Gasteiger partial charge >= 0.3 is 0 Å². The Morgan fingerprint density at radius 2 is 2.09 bits per heavy atom. The van der Waals surface area contributed by atoms with Gasteiger partial charge in [0.15, 0.2) is 0 Å². The molecule has 5 heteroatoms. The summed E-state index contributed by atoms with van der Waals surface area (Å²) < 4.78 is 5.84. The smallest absolute Gasteiger partial charge is 0.117 e. The molecule has 0 aliphatic rings. The minimum absolute atomic E-state index is 0.653. The summed E-state index contributed by atoms with van der Waals surface area (Å²) in [5.41, 5.74) is 4.42. The van der Waals surface area contributed by atoms with Gasteiger partial charge in [-0.2, -0.15) is 0 Å². The number of hydrogen-bond donors (Lipinski definition) is 1. The van der Waals surface area contributed by atoms with Crippen molar-refractivity contribution in [3.63, 3.8) is 0 Å². The van der Waals surface area contributed by atoms with Gasteiger partial charge in [0.1, 0.15) is 12.4 Å². The zero-order chi connectivity index (χ0) is 16.2. The molecule has 1 aromatic rings. The third-order valence-electron chi connectivity index (χ3n) is 3.29. The number of pyridine rings is 1. The molecule has 0 radical (unpaired) electrons. The van der Waals surface area contributed by atoms with Gasteiger partial charge < -0.3 is 9.64 Å². The first-order valence-electron chi connectivity index (χ1n) is 7.68. The summed E-state index contributed by atoms with van der Waals surface area (Å²) in [6, 6.07) is 5.73. The highest BCUT2D eigenvalue weighted by molar-refractivity contribution is 5.62. The minimum atomic E-state index is 0.653. The highest BCUT2D eigenvalue weighted by Crippen LogP contribution is 2.12. The van der Waals surface area contributed by atoms with Gasteiger partial charge in [-0.15, -0.1) is 0 Å². The number of allylic oxidation sites excluding steroid dienone is 2. The number of likely N-dealkylation sites (N-methyl/N-ethyl adjacent to an activating group) is 1. The van der Waals surface area contributed by atoms with Gasteiger partial charge in [0.05, 0.1) is 18.5 Å².